The second-order valence-corrected chi connectivity index (χ2v) is 10.6. The molecule has 1 aliphatic rings. The second-order valence-electron chi connectivity index (χ2n) is 8.79. The first kappa shape index (κ1) is 27.5. The minimum atomic E-state index is -1.25. The van der Waals surface area contributed by atoms with Crippen LogP contribution in [-0.4, -0.2) is 21.9 Å². The highest BCUT2D eigenvalue weighted by molar-refractivity contribution is 8.18. The number of ether oxygens (including phenoxy) is 1. The number of carboxylic acid groups (broad SMARTS) is 1. The Bertz CT molecular complexity index is 1620. The van der Waals surface area contributed by atoms with E-state index in [1.54, 1.807) is 35.2 Å². The van der Waals surface area contributed by atoms with Gasteiger partial charge in [0.15, 0.2) is 5.17 Å². The van der Waals surface area contributed by atoms with Gasteiger partial charge in [0, 0.05) is 5.56 Å². The summed E-state index contributed by atoms with van der Waals surface area (Å²) in [6, 6.07) is 28.4. The number of para-hydroxylation sites is 2. The molecule has 6 nitrogen and oxygen atoms in total. The Labute approximate surface area is 245 Å². The number of hydrogen-bond acceptors (Lipinski definition) is 6. The van der Waals surface area contributed by atoms with Crippen molar-refractivity contribution < 1.29 is 19.4 Å². The molecule has 0 aliphatic carbocycles. The Morgan fingerprint density at radius 3 is 2.33 bits per heavy atom. The first-order valence-electron chi connectivity index (χ1n) is 12.2. The molecule has 1 fully saturated rings. The molecule has 4 aromatic rings. The Kier molecular flexibility index (Phi) is 8.55. The molecule has 0 aromatic heterocycles. The topological polar surface area (TPSA) is 82.0 Å². The van der Waals surface area contributed by atoms with Gasteiger partial charge >= 0.3 is 0 Å². The summed E-state index contributed by atoms with van der Waals surface area (Å²) in [6.45, 7) is 0.491. The molecule has 1 aliphatic heterocycles. The van der Waals surface area contributed by atoms with Crippen molar-refractivity contribution >= 4 is 63.8 Å². The van der Waals surface area contributed by atoms with Gasteiger partial charge < -0.3 is 14.6 Å². The molecule has 4 aromatic carbocycles. The maximum atomic E-state index is 13.6. The fourth-order valence-corrected chi connectivity index (χ4v) is 5.25. The number of hydrogen-bond donors (Lipinski definition) is 0. The van der Waals surface area contributed by atoms with Crippen molar-refractivity contribution in [2.75, 3.05) is 0 Å². The Morgan fingerprint density at radius 2 is 1.60 bits per heavy atom. The predicted molar refractivity (Wildman–Crippen MR) is 158 cm³/mol. The number of amidine groups is 1. The van der Waals surface area contributed by atoms with E-state index >= 15 is 0 Å². The summed E-state index contributed by atoms with van der Waals surface area (Å²) in [5, 5.41) is 12.6. The van der Waals surface area contributed by atoms with E-state index in [9.17, 15) is 14.7 Å². The van der Waals surface area contributed by atoms with Crippen molar-refractivity contribution in [1.29, 1.82) is 0 Å². The molecule has 0 N–H and O–H groups in total. The number of nitrogens with zero attached hydrogens (tertiary/aromatic N) is 2. The van der Waals surface area contributed by atoms with Gasteiger partial charge in [-0.15, -0.1) is 0 Å². The summed E-state index contributed by atoms with van der Waals surface area (Å²) < 4.78 is 6.08. The lowest BCUT2D eigenvalue weighted by Gasteiger charge is -2.16. The van der Waals surface area contributed by atoms with Crippen LogP contribution in [0.5, 0.6) is 5.75 Å². The monoisotopic (exact) mass is 587 g/mol. The maximum Gasteiger partial charge on any atom is 0.267 e. The molecule has 0 saturated carbocycles. The SMILES string of the molecule is O=C([O-])c1ccc(CN2C(=O)/C(=C/c3ccccc3OCc3ccc(Cl)c(Cl)c3)SC2=Nc2ccccc2)cc1. The van der Waals surface area contributed by atoms with Crippen LogP contribution in [0.1, 0.15) is 27.0 Å². The zero-order valence-electron chi connectivity index (χ0n) is 20.9. The molecule has 0 unspecified atom stereocenters. The molecular formula is C31H21Cl2N2O4S-. The molecule has 1 saturated heterocycles. The number of rotatable bonds is 8. The third kappa shape index (κ3) is 6.57. The number of halogens is 2. The number of benzene rings is 4. The van der Waals surface area contributed by atoms with Crippen LogP contribution in [-0.2, 0) is 17.9 Å². The second kappa shape index (κ2) is 12.4. The highest BCUT2D eigenvalue weighted by Crippen LogP contribution is 2.36. The van der Waals surface area contributed by atoms with Crippen molar-refractivity contribution in [2.24, 2.45) is 4.99 Å². The molecule has 0 spiro atoms. The molecule has 40 heavy (non-hydrogen) atoms. The van der Waals surface area contributed by atoms with Crippen LogP contribution in [0.4, 0.5) is 5.69 Å². The minimum Gasteiger partial charge on any atom is -0.545 e. The number of aliphatic imine (C=N–C) groups is 1. The Morgan fingerprint density at radius 1 is 0.900 bits per heavy atom. The molecule has 0 bridgehead atoms. The van der Waals surface area contributed by atoms with Gasteiger partial charge in [-0.05, 0) is 64.9 Å². The molecule has 0 atom stereocenters. The van der Waals surface area contributed by atoms with E-state index in [0.717, 1.165) is 16.7 Å². The fourth-order valence-electron chi connectivity index (χ4n) is 3.94. The normalized spacial score (nSPS) is 15.2. The summed E-state index contributed by atoms with van der Waals surface area (Å²) in [7, 11) is 0. The van der Waals surface area contributed by atoms with Gasteiger partial charge in [0.25, 0.3) is 5.91 Å². The molecule has 200 valence electrons. The van der Waals surface area contributed by atoms with Gasteiger partial charge in [-0.1, -0.05) is 89.9 Å². The number of thioether (sulfide) groups is 1. The third-order valence-corrected chi connectivity index (χ3v) is 7.73. The van der Waals surface area contributed by atoms with Crippen LogP contribution >= 0.6 is 35.0 Å². The standard InChI is InChI=1S/C31H22Cl2N2O4S/c32-25-15-12-21(16-26(25)33)19-39-27-9-5-4-6-23(27)17-28-29(36)35(18-20-10-13-22(14-11-20)30(37)38)31(40-28)34-24-7-2-1-3-8-24/h1-17H,18-19H2,(H,37,38)/p-1/b28-17-,34-31?. The molecule has 1 amide bonds. The van der Waals surface area contributed by atoms with Crippen LogP contribution in [0, 0.1) is 0 Å². The zero-order chi connectivity index (χ0) is 28.1. The lowest BCUT2D eigenvalue weighted by molar-refractivity contribution is -0.255. The van der Waals surface area contributed by atoms with Gasteiger partial charge in [0.2, 0.25) is 0 Å². The zero-order valence-corrected chi connectivity index (χ0v) is 23.2. The van der Waals surface area contributed by atoms with E-state index in [-0.39, 0.29) is 24.6 Å². The first-order chi connectivity index (χ1) is 19.4. The first-order valence-corrected chi connectivity index (χ1v) is 13.8. The van der Waals surface area contributed by atoms with Gasteiger partial charge in [0.05, 0.1) is 33.2 Å². The van der Waals surface area contributed by atoms with E-state index in [4.69, 9.17) is 32.9 Å². The van der Waals surface area contributed by atoms with Crippen LogP contribution in [0.3, 0.4) is 0 Å². The fraction of sp³-hybridized carbons (Fsp3) is 0.0645. The molecule has 1 heterocycles. The van der Waals surface area contributed by atoms with Gasteiger partial charge in [-0.3, -0.25) is 9.69 Å². The third-order valence-electron chi connectivity index (χ3n) is 5.98. The van der Waals surface area contributed by atoms with Crippen LogP contribution in [0.2, 0.25) is 10.0 Å². The predicted octanol–water partition coefficient (Wildman–Crippen LogP) is 6.74. The van der Waals surface area contributed by atoms with Gasteiger partial charge in [0.1, 0.15) is 12.4 Å². The molecule has 5 rings (SSSR count). The van der Waals surface area contributed by atoms with E-state index in [1.165, 1.54) is 23.9 Å². The summed E-state index contributed by atoms with van der Waals surface area (Å²) in [5.74, 6) is -0.869. The van der Waals surface area contributed by atoms with E-state index < -0.39 is 5.97 Å². The summed E-state index contributed by atoms with van der Waals surface area (Å²) in [6.07, 6.45) is 1.79. The van der Waals surface area contributed by atoms with Crippen molar-refractivity contribution in [3.8, 4) is 5.75 Å². The van der Waals surface area contributed by atoms with Crippen LogP contribution in [0.15, 0.2) is 107 Å². The molecule has 9 heteroatoms. The summed E-state index contributed by atoms with van der Waals surface area (Å²) in [5.41, 5.74) is 3.13. The van der Waals surface area contributed by atoms with Crippen molar-refractivity contribution in [3.63, 3.8) is 0 Å². The molecular weight excluding hydrogens is 567 g/mol. The molecule has 0 radical (unpaired) electrons. The number of carbonyl (C=O) groups excluding carboxylic acids is 2. The lowest BCUT2D eigenvalue weighted by atomic mass is 10.1. The largest absolute Gasteiger partial charge is 0.545 e. The van der Waals surface area contributed by atoms with E-state index in [2.05, 4.69) is 0 Å². The highest BCUT2D eigenvalue weighted by atomic mass is 35.5. The number of carbonyl (C=O) groups is 2. The van der Waals surface area contributed by atoms with E-state index in [0.29, 0.717) is 31.6 Å². The summed E-state index contributed by atoms with van der Waals surface area (Å²) >= 11 is 13.4. The van der Waals surface area contributed by atoms with Gasteiger partial charge in [-0.2, -0.15) is 0 Å². The number of amides is 1. The lowest BCUT2D eigenvalue weighted by Crippen LogP contribution is -2.28. The summed E-state index contributed by atoms with van der Waals surface area (Å²) in [4.78, 5) is 31.6. The van der Waals surface area contributed by atoms with E-state index in [1.807, 2.05) is 60.7 Å². The average Bonchev–Trinajstić information content (AvgIpc) is 3.24. The Balaban J connectivity index is 1.43. The Hall–Kier alpha value is -4.04. The average molecular weight is 588 g/mol. The number of carboxylic acids is 1. The van der Waals surface area contributed by atoms with Crippen molar-refractivity contribution in [2.45, 2.75) is 13.2 Å². The minimum absolute atomic E-state index is 0.0714. The quantitative estimate of drug-likeness (QED) is 0.213. The number of aromatic carboxylic acids is 1. The van der Waals surface area contributed by atoms with Crippen molar-refractivity contribution in [1.82, 2.24) is 4.90 Å². The smallest absolute Gasteiger partial charge is 0.267 e. The van der Waals surface area contributed by atoms with Crippen LogP contribution < -0.4 is 9.84 Å². The van der Waals surface area contributed by atoms with Crippen molar-refractivity contribution in [3.05, 3.63) is 134 Å². The van der Waals surface area contributed by atoms with Gasteiger partial charge in [-0.25, -0.2) is 4.99 Å². The maximum absolute atomic E-state index is 13.6. The van der Waals surface area contributed by atoms with Crippen LogP contribution in [0.25, 0.3) is 6.08 Å². The highest BCUT2D eigenvalue weighted by Gasteiger charge is 2.33.